The number of hydrogen-bond acceptors (Lipinski definition) is 5. The van der Waals surface area contributed by atoms with Crippen LogP contribution in [0.4, 0.5) is 0 Å². The summed E-state index contributed by atoms with van der Waals surface area (Å²) in [6, 6.07) is 16.1. The van der Waals surface area contributed by atoms with Gasteiger partial charge in [-0.1, -0.05) is 18.2 Å². The van der Waals surface area contributed by atoms with E-state index in [4.69, 9.17) is 14.2 Å². The van der Waals surface area contributed by atoms with Crippen LogP contribution in [-0.4, -0.2) is 38.2 Å². The molecule has 0 fully saturated rings. The van der Waals surface area contributed by atoms with Crippen LogP contribution < -0.4 is 14.2 Å². The van der Waals surface area contributed by atoms with Gasteiger partial charge in [-0.05, 0) is 72.2 Å². The van der Waals surface area contributed by atoms with Gasteiger partial charge >= 0.3 is 0 Å². The normalized spacial score (nSPS) is 15.2. The zero-order valence-corrected chi connectivity index (χ0v) is 19.6. The highest BCUT2D eigenvalue weighted by molar-refractivity contribution is 7.10. The van der Waals surface area contributed by atoms with Crippen LogP contribution in [0.3, 0.4) is 0 Å². The predicted octanol–water partition coefficient (Wildman–Crippen LogP) is 5.41. The van der Waals surface area contributed by atoms with Gasteiger partial charge in [0.2, 0.25) is 5.91 Å². The van der Waals surface area contributed by atoms with E-state index in [1.54, 1.807) is 25.6 Å². The highest BCUT2D eigenvalue weighted by atomic mass is 32.1. The van der Waals surface area contributed by atoms with Gasteiger partial charge in [-0.25, -0.2) is 0 Å². The average Bonchev–Trinajstić information content (AvgIpc) is 3.34. The lowest BCUT2D eigenvalue weighted by Gasteiger charge is -2.37. The molecule has 1 atom stereocenters. The summed E-state index contributed by atoms with van der Waals surface area (Å²) in [7, 11) is 3.29. The molecule has 1 aromatic heterocycles. The number of aryl methyl sites for hydroxylation is 1. The van der Waals surface area contributed by atoms with E-state index >= 15 is 0 Å². The molecule has 0 radical (unpaired) electrons. The highest BCUT2D eigenvalue weighted by Crippen LogP contribution is 2.42. The molecule has 168 valence electrons. The molecule has 32 heavy (non-hydrogen) atoms. The van der Waals surface area contributed by atoms with Crippen molar-refractivity contribution in [1.82, 2.24) is 4.90 Å². The molecular weight excluding hydrogens is 422 g/mol. The third-order valence-corrected chi connectivity index (χ3v) is 6.72. The van der Waals surface area contributed by atoms with Crippen molar-refractivity contribution in [3.05, 3.63) is 75.5 Å². The second-order valence-electron chi connectivity index (χ2n) is 7.93. The molecule has 5 nitrogen and oxygen atoms in total. The van der Waals surface area contributed by atoms with Gasteiger partial charge in [0, 0.05) is 17.8 Å². The van der Waals surface area contributed by atoms with E-state index in [9.17, 15) is 4.79 Å². The van der Waals surface area contributed by atoms with Crippen LogP contribution >= 0.6 is 11.3 Å². The Bertz CT molecular complexity index is 1060. The summed E-state index contributed by atoms with van der Waals surface area (Å²) >= 11 is 1.67. The smallest absolute Gasteiger partial charge is 0.223 e. The third kappa shape index (κ3) is 4.75. The van der Waals surface area contributed by atoms with Crippen molar-refractivity contribution in [1.29, 1.82) is 0 Å². The van der Waals surface area contributed by atoms with Crippen molar-refractivity contribution < 1.29 is 19.0 Å². The summed E-state index contributed by atoms with van der Waals surface area (Å²) in [6.45, 7) is 3.25. The minimum Gasteiger partial charge on any atom is -0.494 e. The summed E-state index contributed by atoms with van der Waals surface area (Å²) in [5.74, 6) is 2.41. The second-order valence-corrected chi connectivity index (χ2v) is 8.91. The van der Waals surface area contributed by atoms with Crippen LogP contribution in [0.2, 0.25) is 0 Å². The van der Waals surface area contributed by atoms with E-state index < -0.39 is 0 Å². The number of hydrogen-bond donors (Lipinski definition) is 0. The van der Waals surface area contributed by atoms with Gasteiger partial charge < -0.3 is 19.1 Å². The number of amides is 1. The van der Waals surface area contributed by atoms with Crippen molar-refractivity contribution >= 4 is 17.2 Å². The molecule has 1 aliphatic heterocycles. The molecule has 2 aromatic carbocycles. The zero-order chi connectivity index (χ0) is 22.5. The molecule has 2 heterocycles. The van der Waals surface area contributed by atoms with E-state index in [2.05, 4.69) is 11.4 Å². The predicted molar refractivity (Wildman–Crippen MR) is 127 cm³/mol. The maximum atomic E-state index is 13.3. The Balaban J connectivity index is 1.50. The van der Waals surface area contributed by atoms with E-state index in [0.29, 0.717) is 31.7 Å². The van der Waals surface area contributed by atoms with Crippen LogP contribution in [0.25, 0.3) is 0 Å². The van der Waals surface area contributed by atoms with Gasteiger partial charge in [0.25, 0.3) is 0 Å². The molecule has 0 N–H and O–H groups in total. The quantitative estimate of drug-likeness (QED) is 0.430. The van der Waals surface area contributed by atoms with Crippen molar-refractivity contribution in [2.75, 3.05) is 27.4 Å². The lowest BCUT2D eigenvalue weighted by atomic mass is 9.90. The Kier molecular flexibility index (Phi) is 7.00. The fraction of sp³-hybridized carbons (Fsp3) is 0.346. The summed E-state index contributed by atoms with van der Waals surface area (Å²) in [5.41, 5.74) is 3.48. The Morgan fingerprint density at radius 3 is 2.62 bits per heavy atom. The van der Waals surface area contributed by atoms with Crippen LogP contribution in [0.5, 0.6) is 17.2 Å². The number of carbonyl (C=O) groups is 1. The topological polar surface area (TPSA) is 48.0 Å². The molecule has 1 unspecified atom stereocenters. The van der Waals surface area contributed by atoms with Crippen LogP contribution in [0, 0.1) is 6.92 Å². The largest absolute Gasteiger partial charge is 0.494 e. The standard InChI is InChI=1S/C26H29NO4S/c1-18-7-4-8-20(15-18)31-13-5-10-25(28)27-12-11-19-16-22(29-2)23(30-3)17-21(19)26(27)24-9-6-14-32-24/h4,6-9,14-17,26H,5,10-13H2,1-3H3. The Labute approximate surface area is 193 Å². The first kappa shape index (κ1) is 22.2. The lowest BCUT2D eigenvalue weighted by molar-refractivity contribution is -0.133. The number of rotatable bonds is 8. The summed E-state index contributed by atoms with van der Waals surface area (Å²) < 4.78 is 16.9. The summed E-state index contributed by atoms with van der Waals surface area (Å²) in [4.78, 5) is 16.4. The maximum Gasteiger partial charge on any atom is 0.223 e. The first-order chi connectivity index (χ1) is 15.6. The van der Waals surface area contributed by atoms with E-state index in [-0.39, 0.29) is 11.9 Å². The summed E-state index contributed by atoms with van der Waals surface area (Å²) in [5, 5.41) is 2.06. The number of carbonyl (C=O) groups excluding carboxylic acids is 1. The molecule has 0 bridgehead atoms. The highest BCUT2D eigenvalue weighted by Gasteiger charge is 2.33. The fourth-order valence-electron chi connectivity index (χ4n) is 4.23. The fourth-order valence-corrected chi connectivity index (χ4v) is 5.08. The van der Waals surface area contributed by atoms with Crippen molar-refractivity contribution in [2.45, 2.75) is 32.2 Å². The molecule has 0 spiro atoms. The van der Waals surface area contributed by atoms with Crippen molar-refractivity contribution in [3.63, 3.8) is 0 Å². The Morgan fingerprint density at radius 2 is 1.91 bits per heavy atom. The van der Waals surface area contributed by atoms with Crippen LogP contribution in [0.1, 0.15) is 40.5 Å². The molecule has 4 rings (SSSR count). The van der Waals surface area contributed by atoms with Gasteiger partial charge in [0.05, 0.1) is 26.9 Å². The van der Waals surface area contributed by atoms with Gasteiger partial charge in [-0.15, -0.1) is 11.3 Å². The molecule has 1 aliphatic rings. The number of fused-ring (bicyclic) bond motifs is 1. The summed E-state index contributed by atoms with van der Waals surface area (Å²) in [6.07, 6.45) is 1.93. The number of ether oxygens (including phenoxy) is 3. The monoisotopic (exact) mass is 451 g/mol. The van der Waals surface area contributed by atoms with Gasteiger partial charge in [0.15, 0.2) is 11.5 Å². The minimum atomic E-state index is -0.108. The Morgan fingerprint density at radius 1 is 1.09 bits per heavy atom. The Hall–Kier alpha value is -2.99. The van der Waals surface area contributed by atoms with Crippen LogP contribution in [-0.2, 0) is 11.2 Å². The maximum absolute atomic E-state index is 13.3. The molecule has 0 aliphatic carbocycles. The average molecular weight is 452 g/mol. The first-order valence-electron chi connectivity index (χ1n) is 10.9. The zero-order valence-electron chi connectivity index (χ0n) is 18.8. The number of methoxy groups -OCH3 is 2. The van der Waals surface area contributed by atoms with Gasteiger partial charge in [0.1, 0.15) is 5.75 Å². The molecule has 6 heteroatoms. The minimum absolute atomic E-state index is 0.108. The van der Waals surface area contributed by atoms with Gasteiger partial charge in [-0.2, -0.15) is 0 Å². The van der Waals surface area contributed by atoms with Crippen LogP contribution in [0.15, 0.2) is 53.9 Å². The van der Waals surface area contributed by atoms with E-state index in [1.807, 2.05) is 54.3 Å². The number of nitrogens with zero attached hydrogens (tertiary/aromatic N) is 1. The first-order valence-corrected chi connectivity index (χ1v) is 11.8. The third-order valence-electron chi connectivity index (χ3n) is 5.80. The molecular formula is C26H29NO4S. The number of benzene rings is 2. The molecule has 3 aromatic rings. The SMILES string of the molecule is COc1cc2c(cc1OC)C(c1cccs1)N(C(=O)CCCOc1cccc(C)c1)CC2. The number of thiophene rings is 1. The van der Waals surface area contributed by atoms with Crippen molar-refractivity contribution in [2.24, 2.45) is 0 Å². The van der Waals surface area contributed by atoms with Gasteiger partial charge in [-0.3, -0.25) is 4.79 Å². The molecule has 1 amide bonds. The van der Waals surface area contributed by atoms with E-state index in [1.165, 1.54) is 5.56 Å². The second kappa shape index (κ2) is 10.1. The van der Waals surface area contributed by atoms with Crippen molar-refractivity contribution in [3.8, 4) is 17.2 Å². The molecule has 0 saturated heterocycles. The lowest BCUT2D eigenvalue weighted by Crippen LogP contribution is -2.40. The van der Waals surface area contributed by atoms with E-state index in [0.717, 1.165) is 33.9 Å². The molecule has 0 saturated carbocycles.